The summed E-state index contributed by atoms with van der Waals surface area (Å²) in [5.41, 5.74) is 2.75. The van der Waals surface area contributed by atoms with Crippen molar-refractivity contribution in [3.63, 3.8) is 0 Å². The molecule has 3 nitrogen and oxygen atoms in total. The van der Waals surface area contributed by atoms with Crippen LogP contribution in [-0.4, -0.2) is 23.5 Å². The summed E-state index contributed by atoms with van der Waals surface area (Å²) in [6.45, 7) is 4.76. The molecule has 1 aliphatic carbocycles. The summed E-state index contributed by atoms with van der Waals surface area (Å²) in [6.07, 6.45) is 3.05. The number of benzene rings is 1. The number of fused-ring (bicyclic) bond motifs is 1. The second kappa shape index (κ2) is 5.94. The zero-order chi connectivity index (χ0) is 14.8. The molecule has 0 unspecified atom stereocenters. The molecule has 0 bridgehead atoms. The van der Waals surface area contributed by atoms with Crippen molar-refractivity contribution in [3.8, 4) is 0 Å². The molecule has 110 valence electrons. The Morgan fingerprint density at radius 3 is 2.86 bits per heavy atom. The molecule has 1 saturated carbocycles. The highest BCUT2D eigenvalue weighted by atomic mass is 16.5. The van der Waals surface area contributed by atoms with E-state index in [0.29, 0.717) is 18.4 Å². The van der Waals surface area contributed by atoms with E-state index in [-0.39, 0.29) is 5.78 Å². The van der Waals surface area contributed by atoms with Gasteiger partial charge >= 0.3 is 0 Å². The van der Waals surface area contributed by atoms with Crippen molar-refractivity contribution in [1.29, 1.82) is 0 Å². The molecule has 0 spiro atoms. The Bertz CT molecular complexity index is 659. The molecule has 21 heavy (non-hydrogen) atoms. The van der Waals surface area contributed by atoms with Crippen molar-refractivity contribution in [2.24, 2.45) is 5.92 Å². The number of aryl methyl sites for hydroxylation is 1. The molecule has 1 heterocycles. The van der Waals surface area contributed by atoms with Gasteiger partial charge in [0.2, 0.25) is 0 Å². The Balaban J connectivity index is 1.66. The number of hydrogen-bond donors (Lipinski definition) is 0. The average Bonchev–Trinajstić information content (AvgIpc) is 2.44. The lowest BCUT2D eigenvalue weighted by Gasteiger charge is -2.34. The zero-order valence-electron chi connectivity index (χ0n) is 12.6. The predicted molar refractivity (Wildman–Crippen MR) is 83.6 cm³/mol. The molecule has 0 N–H and O–H groups in total. The molecule has 0 radical (unpaired) electrons. The SMILES string of the molecule is CCOC1CC(CC(=O)c2ccc3nc(C)ccc3c2)C1. The lowest BCUT2D eigenvalue weighted by atomic mass is 9.78. The summed E-state index contributed by atoms with van der Waals surface area (Å²) in [4.78, 5) is 16.8. The average molecular weight is 283 g/mol. The zero-order valence-corrected chi connectivity index (χ0v) is 12.6. The van der Waals surface area contributed by atoms with Crippen LogP contribution in [-0.2, 0) is 4.74 Å². The van der Waals surface area contributed by atoms with Crippen molar-refractivity contribution in [3.05, 3.63) is 41.6 Å². The van der Waals surface area contributed by atoms with E-state index in [1.165, 1.54) is 0 Å². The molecule has 1 fully saturated rings. The Labute approximate surface area is 125 Å². The topological polar surface area (TPSA) is 39.2 Å². The third kappa shape index (κ3) is 3.13. The standard InChI is InChI=1S/C18H21NO2/c1-3-21-16-8-13(9-16)10-18(20)15-6-7-17-14(11-15)5-4-12(2)19-17/h4-7,11,13,16H,3,8-10H2,1-2H3. The molecule has 0 amide bonds. The second-order valence-corrected chi connectivity index (χ2v) is 5.90. The van der Waals surface area contributed by atoms with Crippen LogP contribution >= 0.6 is 0 Å². The molecule has 3 rings (SSSR count). The van der Waals surface area contributed by atoms with Crippen molar-refractivity contribution >= 4 is 16.7 Å². The highest BCUT2D eigenvalue weighted by Crippen LogP contribution is 2.33. The Morgan fingerprint density at radius 2 is 2.10 bits per heavy atom. The number of ketones is 1. The lowest BCUT2D eigenvalue weighted by Crippen LogP contribution is -2.32. The first-order chi connectivity index (χ1) is 10.2. The van der Waals surface area contributed by atoms with E-state index >= 15 is 0 Å². The number of aromatic nitrogens is 1. The van der Waals surface area contributed by atoms with Gasteiger partial charge in [-0.25, -0.2) is 0 Å². The normalized spacial score (nSPS) is 21.2. The van der Waals surface area contributed by atoms with Gasteiger partial charge in [-0.3, -0.25) is 9.78 Å². The second-order valence-electron chi connectivity index (χ2n) is 5.90. The number of carbonyl (C=O) groups is 1. The van der Waals surface area contributed by atoms with Crippen molar-refractivity contribution in [1.82, 2.24) is 4.98 Å². The van der Waals surface area contributed by atoms with Gasteiger partial charge in [-0.05, 0) is 56.9 Å². The fourth-order valence-electron chi connectivity index (χ4n) is 2.99. The largest absolute Gasteiger partial charge is 0.378 e. The van der Waals surface area contributed by atoms with Crippen LogP contribution in [0.2, 0.25) is 0 Å². The fraction of sp³-hybridized carbons (Fsp3) is 0.444. The predicted octanol–water partition coefficient (Wildman–Crippen LogP) is 3.93. The van der Waals surface area contributed by atoms with Gasteiger partial charge in [-0.15, -0.1) is 0 Å². The van der Waals surface area contributed by atoms with Crippen LogP contribution in [0.25, 0.3) is 10.9 Å². The number of Topliss-reactive ketones (excluding diaryl/α,β-unsaturated/α-hetero) is 1. The van der Waals surface area contributed by atoms with Crippen LogP contribution in [0.1, 0.15) is 42.2 Å². The summed E-state index contributed by atoms with van der Waals surface area (Å²) in [5.74, 6) is 0.721. The van der Waals surface area contributed by atoms with Crippen molar-refractivity contribution < 1.29 is 9.53 Å². The maximum Gasteiger partial charge on any atom is 0.163 e. The van der Waals surface area contributed by atoms with Gasteiger partial charge in [0.1, 0.15) is 0 Å². The van der Waals surface area contributed by atoms with Crippen molar-refractivity contribution in [2.75, 3.05) is 6.61 Å². The Hall–Kier alpha value is -1.74. The van der Waals surface area contributed by atoms with Crippen LogP contribution in [0.4, 0.5) is 0 Å². The monoisotopic (exact) mass is 283 g/mol. The van der Waals surface area contributed by atoms with E-state index in [0.717, 1.165) is 41.6 Å². The molecule has 3 heteroatoms. The molecule has 1 aliphatic rings. The lowest BCUT2D eigenvalue weighted by molar-refractivity contribution is -0.0246. The van der Waals surface area contributed by atoms with Crippen LogP contribution in [0.15, 0.2) is 30.3 Å². The van der Waals surface area contributed by atoms with Gasteiger partial charge in [-0.1, -0.05) is 6.07 Å². The van der Waals surface area contributed by atoms with Crippen molar-refractivity contribution in [2.45, 2.75) is 39.2 Å². The summed E-state index contributed by atoms with van der Waals surface area (Å²) < 4.78 is 5.54. The summed E-state index contributed by atoms with van der Waals surface area (Å²) in [7, 11) is 0. The van der Waals surface area contributed by atoms with Crippen LogP contribution in [0.3, 0.4) is 0 Å². The highest BCUT2D eigenvalue weighted by molar-refractivity contribution is 5.99. The molecule has 0 aliphatic heterocycles. The third-order valence-electron chi connectivity index (χ3n) is 4.22. The maximum atomic E-state index is 12.4. The van der Waals surface area contributed by atoms with E-state index < -0.39 is 0 Å². The number of hydrogen-bond acceptors (Lipinski definition) is 3. The third-order valence-corrected chi connectivity index (χ3v) is 4.22. The Morgan fingerprint density at radius 1 is 1.29 bits per heavy atom. The summed E-state index contributed by atoms with van der Waals surface area (Å²) >= 11 is 0. The summed E-state index contributed by atoms with van der Waals surface area (Å²) in [5, 5.41) is 1.03. The number of nitrogens with zero attached hydrogens (tertiary/aromatic N) is 1. The first-order valence-electron chi connectivity index (χ1n) is 7.68. The highest BCUT2D eigenvalue weighted by Gasteiger charge is 2.31. The Kier molecular flexibility index (Phi) is 4.02. The molecule has 2 aromatic rings. The van der Waals surface area contributed by atoms with Crippen LogP contribution in [0.5, 0.6) is 0 Å². The first kappa shape index (κ1) is 14.2. The maximum absolute atomic E-state index is 12.4. The van der Waals surface area contributed by atoms with E-state index in [1.807, 2.05) is 44.2 Å². The van der Waals surface area contributed by atoms with Gasteiger partial charge in [0, 0.05) is 29.7 Å². The molecule has 1 aromatic heterocycles. The van der Waals surface area contributed by atoms with E-state index in [4.69, 9.17) is 4.74 Å². The summed E-state index contributed by atoms with van der Waals surface area (Å²) in [6, 6.07) is 9.82. The smallest absolute Gasteiger partial charge is 0.163 e. The van der Waals surface area contributed by atoms with E-state index in [2.05, 4.69) is 4.98 Å². The molecular formula is C18H21NO2. The van der Waals surface area contributed by atoms with Gasteiger partial charge in [-0.2, -0.15) is 0 Å². The number of rotatable bonds is 5. The van der Waals surface area contributed by atoms with Gasteiger partial charge < -0.3 is 4.74 Å². The van der Waals surface area contributed by atoms with Gasteiger partial charge in [0.05, 0.1) is 11.6 Å². The fourth-order valence-corrected chi connectivity index (χ4v) is 2.99. The van der Waals surface area contributed by atoms with Gasteiger partial charge in [0.25, 0.3) is 0 Å². The molecule has 0 saturated heterocycles. The van der Waals surface area contributed by atoms with Gasteiger partial charge in [0.15, 0.2) is 5.78 Å². The minimum atomic E-state index is 0.234. The van der Waals surface area contributed by atoms with E-state index in [1.54, 1.807) is 0 Å². The molecule has 0 atom stereocenters. The van der Waals surface area contributed by atoms with E-state index in [9.17, 15) is 4.79 Å². The molecular weight excluding hydrogens is 262 g/mol. The first-order valence-corrected chi connectivity index (χ1v) is 7.68. The number of pyridine rings is 1. The molecule has 1 aromatic carbocycles. The minimum Gasteiger partial charge on any atom is -0.378 e. The minimum absolute atomic E-state index is 0.234. The van der Waals surface area contributed by atoms with Crippen LogP contribution < -0.4 is 0 Å². The van der Waals surface area contributed by atoms with Crippen LogP contribution in [0, 0.1) is 12.8 Å². The number of ether oxygens (including phenoxy) is 1. The number of carbonyl (C=O) groups excluding carboxylic acids is 1. The quantitative estimate of drug-likeness (QED) is 0.780.